The van der Waals surface area contributed by atoms with Crippen molar-refractivity contribution in [1.29, 1.82) is 5.26 Å². The van der Waals surface area contributed by atoms with Gasteiger partial charge >= 0.3 is 5.97 Å². The van der Waals surface area contributed by atoms with Crippen molar-refractivity contribution in [1.82, 2.24) is 9.88 Å². The quantitative estimate of drug-likeness (QED) is 0.565. The fourth-order valence-corrected chi connectivity index (χ4v) is 1.99. The first-order chi connectivity index (χ1) is 10.5. The van der Waals surface area contributed by atoms with Crippen LogP contribution < -0.4 is 5.46 Å². The first-order valence-electron chi connectivity index (χ1n) is 7.10. The molecule has 0 saturated carbocycles. The Labute approximate surface area is 131 Å². The maximum absolute atomic E-state index is 12.2. The Kier molecular flexibility index (Phi) is 6.58. The molecule has 0 fully saturated rings. The smallest absolute Gasteiger partial charge is 0.329 e. The van der Waals surface area contributed by atoms with Gasteiger partial charge in [0.2, 0.25) is 0 Å². The summed E-state index contributed by atoms with van der Waals surface area (Å²) in [5.74, 6) is -2.09. The van der Waals surface area contributed by atoms with E-state index in [2.05, 4.69) is 4.98 Å². The van der Waals surface area contributed by atoms with Crippen LogP contribution in [-0.2, 0) is 9.53 Å². The molecule has 2 radical (unpaired) electrons. The molecule has 1 aromatic rings. The molecule has 1 aromatic heterocycles. The van der Waals surface area contributed by atoms with Crippen LogP contribution in [0.15, 0.2) is 12.3 Å². The highest BCUT2D eigenvalue weighted by Gasteiger charge is 2.25. The Hall–Kier alpha value is -2.36. The molecule has 0 saturated heterocycles. The van der Waals surface area contributed by atoms with E-state index < -0.39 is 11.9 Å². The number of carbonyl (C=O) groups excluding carboxylic acids is 2. The fraction of sp³-hybridized carbons (Fsp3) is 0.467. The van der Waals surface area contributed by atoms with Crippen LogP contribution >= 0.6 is 0 Å². The summed E-state index contributed by atoms with van der Waals surface area (Å²) < 4.78 is 4.82. The van der Waals surface area contributed by atoms with Gasteiger partial charge in [-0.1, -0.05) is 11.5 Å². The van der Waals surface area contributed by atoms with Crippen LogP contribution in [-0.4, -0.2) is 49.3 Å². The number of esters is 1. The molecule has 0 aliphatic heterocycles. The van der Waals surface area contributed by atoms with Gasteiger partial charge < -0.3 is 9.64 Å². The number of ether oxygens (including phenoxy) is 1. The van der Waals surface area contributed by atoms with Gasteiger partial charge in [0.15, 0.2) is 5.92 Å². The minimum atomic E-state index is -1.20. The van der Waals surface area contributed by atoms with Crippen molar-refractivity contribution in [3.05, 3.63) is 23.5 Å². The zero-order chi connectivity index (χ0) is 16.7. The van der Waals surface area contributed by atoms with E-state index in [-0.39, 0.29) is 23.7 Å². The number of hydrogen-bond acceptors (Lipinski definition) is 5. The molecule has 0 aromatic carbocycles. The zero-order valence-electron chi connectivity index (χ0n) is 13.0. The van der Waals surface area contributed by atoms with Gasteiger partial charge in [0.25, 0.3) is 5.91 Å². The number of pyridine rings is 1. The van der Waals surface area contributed by atoms with Crippen LogP contribution in [0.25, 0.3) is 0 Å². The molecule has 0 N–H and O–H groups in total. The van der Waals surface area contributed by atoms with Crippen molar-refractivity contribution in [3.63, 3.8) is 0 Å². The van der Waals surface area contributed by atoms with Crippen LogP contribution in [0.1, 0.15) is 42.7 Å². The van der Waals surface area contributed by atoms with Crippen molar-refractivity contribution >= 4 is 25.2 Å². The van der Waals surface area contributed by atoms with Gasteiger partial charge in [0.1, 0.15) is 7.85 Å². The first-order valence-corrected chi connectivity index (χ1v) is 7.10. The average molecular weight is 299 g/mol. The molecule has 0 aliphatic carbocycles. The first kappa shape index (κ1) is 17.7. The largest absolute Gasteiger partial charge is 0.465 e. The standard InChI is InChI=1S/C15H18BN3O3/c1-4-19(5-2)14(20)10-7-12(16)13(18-9-10)11(8-17)15(21)22-6-3/h7,9,11H,4-6H2,1-3H3. The summed E-state index contributed by atoms with van der Waals surface area (Å²) in [5, 5.41) is 9.12. The number of nitrogens with zero attached hydrogens (tertiary/aromatic N) is 3. The molecule has 1 amide bonds. The molecule has 22 heavy (non-hydrogen) atoms. The van der Waals surface area contributed by atoms with Crippen molar-refractivity contribution < 1.29 is 14.3 Å². The van der Waals surface area contributed by atoms with Gasteiger partial charge in [-0.25, -0.2) is 0 Å². The van der Waals surface area contributed by atoms with Crippen molar-refractivity contribution in [2.24, 2.45) is 0 Å². The molecule has 1 unspecified atom stereocenters. The number of amides is 1. The van der Waals surface area contributed by atoms with E-state index in [0.717, 1.165) is 0 Å². The Morgan fingerprint density at radius 2 is 2.05 bits per heavy atom. The number of carbonyl (C=O) groups is 2. The minimum Gasteiger partial charge on any atom is -0.465 e. The van der Waals surface area contributed by atoms with E-state index in [0.29, 0.717) is 18.7 Å². The summed E-state index contributed by atoms with van der Waals surface area (Å²) in [5.41, 5.74) is 0.556. The lowest BCUT2D eigenvalue weighted by molar-refractivity contribution is -0.143. The second kappa shape index (κ2) is 8.18. The van der Waals surface area contributed by atoms with Gasteiger partial charge in [-0.15, -0.1) is 0 Å². The molecule has 7 heteroatoms. The zero-order valence-corrected chi connectivity index (χ0v) is 13.0. The highest BCUT2D eigenvalue weighted by molar-refractivity contribution is 6.34. The average Bonchev–Trinajstić information content (AvgIpc) is 2.50. The van der Waals surface area contributed by atoms with E-state index in [1.807, 2.05) is 19.9 Å². The molecular weight excluding hydrogens is 281 g/mol. The molecule has 0 aliphatic rings. The summed E-state index contributed by atoms with van der Waals surface area (Å²) in [6, 6.07) is 3.26. The van der Waals surface area contributed by atoms with Gasteiger partial charge in [-0.05, 0) is 20.8 Å². The lowest BCUT2D eigenvalue weighted by Gasteiger charge is -2.19. The maximum atomic E-state index is 12.2. The molecule has 1 atom stereocenters. The van der Waals surface area contributed by atoms with Gasteiger partial charge in [-0.2, -0.15) is 5.26 Å². The lowest BCUT2D eigenvalue weighted by atomic mass is 9.87. The number of aromatic nitrogens is 1. The van der Waals surface area contributed by atoms with E-state index in [1.165, 1.54) is 12.3 Å². The van der Waals surface area contributed by atoms with E-state index in [9.17, 15) is 9.59 Å². The fourth-order valence-electron chi connectivity index (χ4n) is 1.99. The molecule has 0 bridgehead atoms. The van der Waals surface area contributed by atoms with Crippen LogP contribution in [0.4, 0.5) is 0 Å². The Bertz CT molecular complexity index is 594. The number of rotatable bonds is 6. The molecule has 1 rings (SSSR count). The monoisotopic (exact) mass is 299 g/mol. The van der Waals surface area contributed by atoms with Crippen molar-refractivity contribution in [2.45, 2.75) is 26.7 Å². The SMILES string of the molecule is [B]c1cc(C(=O)N(CC)CC)cnc1C(C#N)C(=O)OCC. The molecule has 0 spiro atoms. The summed E-state index contributed by atoms with van der Waals surface area (Å²) in [4.78, 5) is 29.6. The predicted molar refractivity (Wildman–Crippen MR) is 81.9 cm³/mol. The van der Waals surface area contributed by atoms with Gasteiger partial charge in [0.05, 0.1) is 23.9 Å². The third kappa shape index (κ3) is 3.85. The molecule has 1 heterocycles. The van der Waals surface area contributed by atoms with Crippen LogP contribution in [0.3, 0.4) is 0 Å². The Morgan fingerprint density at radius 3 is 2.50 bits per heavy atom. The second-order valence-corrected chi connectivity index (χ2v) is 4.49. The number of hydrogen-bond donors (Lipinski definition) is 0. The van der Waals surface area contributed by atoms with Crippen molar-refractivity contribution in [3.8, 4) is 6.07 Å². The Morgan fingerprint density at radius 1 is 1.41 bits per heavy atom. The van der Waals surface area contributed by atoms with Crippen molar-refractivity contribution in [2.75, 3.05) is 19.7 Å². The second-order valence-electron chi connectivity index (χ2n) is 4.49. The molecular formula is C15H18BN3O3. The third-order valence-electron chi connectivity index (χ3n) is 3.17. The molecule has 6 nitrogen and oxygen atoms in total. The van der Waals surface area contributed by atoms with Gasteiger partial charge in [-0.3, -0.25) is 14.6 Å². The molecule has 114 valence electrons. The highest BCUT2D eigenvalue weighted by Crippen LogP contribution is 2.13. The third-order valence-corrected chi connectivity index (χ3v) is 3.17. The van der Waals surface area contributed by atoms with Crippen LogP contribution in [0, 0.1) is 11.3 Å². The maximum Gasteiger partial charge on any atom is 0.329 e. The normalized spacial score (nSPS) is 11.4. The van der Waals surface area contributed by atoms with Crippen LogP contribution in [0.5, 0.6) is 0 Å². The summed E-state index contributed by atoms with van der Waals surface area (Å²) in [6.07, 6.45) is 1.33. The van der Waals surface area contributed by atoms with Gasteiger partial charge in [0, 0.05) is 19.3 Å². The predicted octanol–water partition coefficient (Wildman–Crippen LogP) is 0.528. The van der Waals surface area contributed by atoms with E-state index in [4.69, 9.17) is 17.8 Å². The van der Waals surface area contributed by atoms with Crippen LogP contribution in [0.2, 0.25) is 0 Å². The minimum absolute atomic E-state index is 0.108. The summed E-state index contributed by atoms with van der Waals surface area (Å²) in [6.45, 7) is 6.70. The summed E-state index contributed by atoms with van der Waals surface area (Å²) >= 11 is 0. The van der Waals surface area contributed by atoms with E-state index >= 15 is 0 Å². The number of nitriles is 1. The Balaban J connectivity index is 3.11. The highest BCUT2D eigenvalue weighted by atomic mass is 16.5. The topological polar surface area (TPSA) is 83.3 Å². The summed E-state index contributed by atoms with van der Waals surface area (Å²) in [7, 11) is 5.86. The van der Waals surface area contributed by atoms with E-state index in [1.54, 1.807) is 11.8 Å². The lowest BCUT2D eigenvalue weighted by Crippen LogP contribution is -2.32.